The maximum absolute atomic E-state index is 6.40. The lowest BCUT2D eigenvalue weighted by Crippen LogP contribution is -2.63. The number of rotatable bonds is 5. The molecule has 2 saturated carbocycles. The molecule has 0 amide bonds. The van der Waals surface area contributed by atoms with E-state index in [-0.39, 0.29) is 0 Å². The minimum Gasteiger partial charge on any atom is -0.489 e. The largest absolute Gasteiger partial charge is 0.489 e. The summed E-state index contributed by atoms with van der Waals surface area (Å²) in [6.07, 6.45) is 8.11. The van der Waals surface area contributed by atoms with Crippen molar-refractivity contribution in [2.75, 3.05) is 6.54 Å². The zero-order chi connectivity index (χ0) is 14.9. The summed E-state index contributed by atoms with van der Waals surface area (Å²) in [7, 11) is 0. The van der Waals surface area contributed by atoms with Crippen molar-refractivity contribution in [3.05, 3.63) is 28.2 Å². The highest BCUT2D eigenvalue weighted by atomic mass is 79.9. The minimum atomic E-state index is 0.383. The van der Waals surface area contributed by atoms with Gasteiger partial charge in [0.1, 0.15) is 11.9 Å². The van der Waals surface area contributed by atoms with Gasteiger partial charge in [-0.25, -0.2) is 0 Å². The van der Waals surface area contributed by atoms with Crippen LogP contribution < -0.4 is 10.1 Å². The molecule has 2 aliphatic rings. The summed E-state index contributed by atoms with van der Waals surface area (Å²) in [5, 5.41) is 3.75. The fourth-order valence-electron chi connectivity index (χ4n) is 4.08. The second-order valence-electron chi connectivity index (χ2n) is 6.72. The van der Waals surface area contributed by atoms with Crippen LogP contribution in [0.2, 0.25) is 0 Å². The van der Waals surface area contributed by atoms with Crippen molar-refractivity contribution in [1.29, 1.82) is 0 Å². The first kappa shape index (κ1) is 15.4. The van der Waals surface area contributed by atoms with Gasteiger partial charge in [-0.2, -0.15) is 0 Å². The van der Waals surface area contributed by atoms with Gasteiger partial charge in [0.15, 0.2) is 0 Å². The SMILES string of the molecule is CCCNC1CC(Oc2ccc(C)cc2Br)C12CCCC2. The van der Waals surface area contributed by atoms with Crippen LogP contribution in [0.15, 0.2) is 22.7 Å². The molecule has 0 radical (unpaired) electrons. The van der Waals surface area contributed by atoms with Crippen LogP contribution >= 0.6 is 15.9 Å². The smallest absolute Gasteiger partial charge is 0.133 e. The van der Waals surface area contributed by atoms with Crippen LogP contribution in [0.4, 0.5) is 0 Å². The van der Waals surface area contributed by atoms with Gasteiger partial charge in [-0.3, -0.25) is 0 Å². The van der Waals surface area contributed by atoms with Gasteiger partial charge in [0.05, 0.1) is 4.47 Å². The average molecular weight is 352 g/mol. The highest BCUT2D eigenvalue weighted by Gasteiger charge is 2.57. The zero-order valence-electron chi connectivity index (χ0n) is 13.1. The molecule has 21 heavy (non-hydrogen) atoms. The van der Waals surface area contributed by atoms with Crippen molar-refractivity contribution in [2.24, 2.45) is 5.41 Å². The summed E-state index contributed by atoms with van der Waals surface area (Å²) in [5.41, 5.74) is 1.65. The van der Waals surface area contributed by atoms with E-state index in [0.717, 1.165) is 23.2 Å². The van der Waals surface area contributed by atoms with Crippen molar-refractivity contribution in [2.45, 2.75) is 64.5 Å². The molecule has 2 unspecified atom stereocenters. The second-order valence-corrected chi connectivity index (χ2v) is 7.58. The Morgan fingerprint density at radius 3 is 2.76 bits per heavy atom. The maximum atomic E-state index is 6.40. The molecule has 1 N–H and O–H groups in total. The van der Waals surface area contributed by atoms with Crippen LogP contribution in [-0.4, -0.2) is 18.7 Å². The van der Waals surface area contributed by atoms with E-state index in [0.29, 0.717) is 17.6 Å². The summed E-state index contributed by atoms with van der Waals surface area (Å²) in [4.78, 5) is 0. The van der Waals surface area contributed by atoms with E-state index in [9.17, 15) is 0 Å². The number of aryl methyl sites for hydroxylation is 1. The Hall–Kier alpha value is -0.540. The molecule has 0 aliphatic heterocycles. The normalized spacial score (nSPS) is 26.8. The lowest BCUT2D eigenvalue weighted by Gasteiger charge is -2.54. The van der Waals surface area contributed by atoms with Crippen LogP contribution in [0.25, 0.3) is 0 Å². The number of hydrogen-bond donors (Lipinski definition) is 1. The molecule has 1 aromatic carbocycles. The third kappa shape index (κ3) is 2.87. The quantitative estimate of drug-likeness (QED) is 0.819. The molecule has 0 aromatic heterocycles. The summed E-state index contributed by atoms with van der Waals surface area (Å²) in [6, 6.07) is 7.04. The second kappa shape index (κ2) is 6.29. The third-order valence-electron chi connectivity index (χ3n) is 5.32. The Morgan fingerprint density at radius 1 is 1.33 bits per heavy atom. The first-order valence-corrected chi connectivity index (χ1v) is 9.11. The third-order valence-corrected chi connectivity index (χ3v) is 5.94. The number of hydrogen-bond acceptors (Lipinski definition) is 2. The van der Waals surface area contributed by atoms with Gasteiger partial charge in [0, 0.05) is 17.9 Å². The molecule has 3 heteroatoms. The van der Waals surface area contributed by atoms with Crippen molar-refractivity contribution in [1.82, 2.24) is 5.32 Å². The van der Waals surface area contributed by atoms with Gasteiger partial charge in [0.25, 0.3) is 0 Å². The molecule has 1 aromatic rings. The first-order valence-electron chi connectivity index (χ1n) is 8.32. The van der Waals surface area contributed by atoms with Crippen LogP contribution in [-0.2, 0) is 0 Å². The van der Waals surface area contributed by atoms with Gasteiger partial charge in [-0.05, 0) is 66.4 Å². The van der Waals surface area contributed by atoms with E-state index in [4.69, 9.17) is 4.74 Å². The predicted octanol–water partition coefficient (Wildman–Crippen LogP) is 4.84. The van der Waals surface area contributed by atoms with E-state index in [2.05, 4.69) is 53.3 Å². The van der Waals surface area contributed by atoms with E-state index >= 15 is 0 Å². The van der Waals surface area contributed by atoms with Crippen LogP contribution in [0.1, 0.15) is 51.0 Å². The fourth-order valence-corrected chi connectivity index (χ4v) is 4.66. The molecule has 2 aliphatic carbocycles. The molecular weight excluding hydrogens is 326 g/mol. The van der Waals surface area contributed by atoms with Crippen LogP contribution in [0, 0.1) is 12.3 Å². The van der Waals surface area contributed by atoms with Gasteiger partial charge < -0.3 is 10.1 Å². The summed E-state index contributed by atoms with van der Waals surface area (Å²) >= 11 is 3.64. The van der Waals surface area contributed by atoms with Crippen LogP contribution in [0.3, 0.4) is 0 Å². The maximum Gasteiger partial charge on any atom is 0.133 e. The minimum absolute atomic E-state index is 0.383. The fraction of sp³-hybridized carbons (Fsp3) is 0.667. The summed E-state index contributed by atoms with van der Waals surface area (Å²) in [6.45, 7) is 5.48. The Labute approximate surface area is 136 Å². The van der Waals surface area contributed by atoms with Gasteiger partial charge in [-0.15, -0.1) is 0 Å². The van der Waals surface area contributed by atoms with Crippen molar-refractivity contribution in [3.63, 3.8) is 0 Å². The molecule has 2 fully saturated rings. The average Bonchev–Trinajstić information content (AvgIpc) is 2.96. The summed E-state index contributed by atoms with van der Waals surface area (Å²) < 4.78 is 7.48. The number of ether oxygens (including phenoxy) is 1. The van der Waals surface area contributed by atoms with Gasteiger partial charge in [-0.1, -0.05) is 25.8 Å². The molecule has 0 bridgehead atoms. The van der Waals surface area contributed by atoms with Gasteiger partial charge in [0.2, 0.25) is 0 Å². The van der Waals surface area contributed by atoms with Crippen molar-refractivity contribution >= 4 is 15.9 Å². The summed E-state index contributed by atoms with van der Waals surface area (Å²) in [5.74, 6) is 1.01. The Balaban J connectivity index is 1.71. The Morgan fingerprint density at radius 2 is 2.10 bits per heavy atom. The molecule has 2 atom stereocenters. The van der Waals surface area contributed by atoms with Crippen LogP contribution in [0.5, 0.6) is 5.75 Å². The first-order chi connectivity index (χ1) is 10.2. The molecule has 0 saturated heterocycles. The van der Waals surface area contributed by atoms with E-state index in [1.165, 1.54) is 37.7 Å². The lowest BCUT2D eigenvalue weighted by molar-refractivity contribution is -0.0763. The van der Waals surface area contributed by atoms with E-state index in [1.54, 1.807) is 0 Å². The molecule has 116 valence electrons. The highest BCUT2D eigenvalue weighted by Crippen LogP contribution is 2.55. The molecule has 1 spiro atoms. The number of benzene rings is 1. The van der Waals surface area contributed by atoms with E-state index in [1.807, 2.05) is 0 Å². The molecule has 2 nitrogen and oxygen atoms in total. The van der Waals surface area contributed by atoms with Crippen molar-refractivity contribution in [3.8, 4) is 5.75 Å². The van der Waals surface area contributed by atoms with Crippen molar-refractivity contribution < 1.29 is 4.74 Å². The topological polar surface area (TPSA) is 21.3 Å². The predicted molar refractivity (Wildman–Crippen MR) is 90.9 cm³/mol. The lowest BCUT2D eigenvalue weighted by atomic mass is 9.60. The van der Waals surface area contributed by atoms with Gasteiger partial charge >= 0.3 is 0 Å². The number of halogens is 1. The standard InChI is InChI=1S/C18H26BrNO/c1-3-10-20-16-12-17(18(16)8-4-5-9-18)21-15-7-6-13(2)11-14(15)19/h6-7,11,16-17,20H,3-5,8-10,12H2,1-2H3. The van der Waals surface area contributed by atoms with E-state index < -0.39 is 0 Å². The Kier molecular flexibility index (Phi) is 4.60. The highest BCUT2D eigenvalue weighted by molar-refractivity contribution is 9.10. The zero-order valence-corrected chi connectivity index (χ0v) is 14.7. The monoisotopic (exact) mass is 351 g/mol. The number of nitrogens with one attached hydrogen (secondary N) is 1. The molecule has 0 heterocycles. The Bertz CT molecular complexity index is 496. The molecular formula is C18H26BrNO. The molecule has 3 rings (SSSR count).